The number of fused-ring (bicyclic) bond motifs is 1. The zero-order valence-corrected chi connectivity index (χ0v) is 21.7. The summed E-state index contributed by atoms with van der Waals surface area (Å²) >= 11 is 0. The number of carbonyl (C=O) groups is 1. The van der Waals surface area contributed by atoms with E-state index < -0.39 is 0 Å². The topological polar surface area (TPSA) is 83.8 Å². The van der Waals surface area contributed by atoms with E-state index in [1.54, 1.807) is 0 Å². The number of rotatable bonds is 7. The van der Waals surface area contributed by atoms with Crippen molar-refractivity contribution in [1.82, 2.24) is 20.1 Å². The molecular formula is C31H32N6O2. The van der Waals surface area contributed by atoms with Crippen molar-refractivity contribution in [3.05, 3.63) is 102 Å². The highest BCUT2D eigenvalue weighted by Gasteiger charge is 2.34. The van der Waals surface area contributed by atoms with Gasteiger partial charge in [-0.2, -0.15) is 9.50 Å². The fourth-order valence-electron chi connectivity index (χ4n) is 5.83. The van der Waals surface area contributed by atoms with E-state index in [-0.39, 0.29) is 23.8 Å². The van der Waals surface area contributed by atoms with E-state index in [0.717, 1.165) is 56.0 Å². The number of amides is 1. The third kappa shape index (κ3) is 4.88. The first-order chi connectivity index (χ1) is 19.2. The summed E-state index contributed by atoms with van der Waals surface area (Å²) in [4.78, 5) is 25.2. The van der Waals surface area contributed by atoms with E-state index >= 15 is 0 Å². The first-order valence-electron chi connectivity index (χ1n) is 13.9. The zero-order chi connectivity index (χ0) is 26.2. The van der Waals surface area contributed by atoms with E-state index in [2.05, 4.69) is 98.6 Å². The average Bonchev–Trinajstić information content (AvgIpc) is 3.59. The number of hydroxylamine groups is 1. The molecule has 4 aromatic rings. The minimum absolute atomic E-state index is 0.0202. The molecule has 2 fully saturated rings. The van der Waals surface area contributed by atoms with E-state index in [1.807, 2.05) is 16.6 Å². The van der Waals surface area contributed by atoms with E-state index in [0.29, 0.717) is 11.9 Å². The van der Waals surface area contributed by atoms with Gasteiger partial charge in [-0.05, 0) is 55.0 Å². The van der Waals surface area contributed by atoms with Crippen molar-refractivity contribution in [2.45, 2.75) is 37.6 Å². The molecule has 1 atom stereocenters. The second kappa shape index (κ2) is 10.2. The molecule has 1 aliphatic carbocycles. The Bertz CT molecular complexity index is 1450. The lowest BCUT2D eigenvalue weighted by molar-refractivity contribution is -0.117. The van der Waals surface area contributed by atoms with Gasteiger partial charge in [-0.3, -0.25) is 10.1 Å². The van der Waals surface area contributed by atoms with Crippen LogP contribution in [-0.4, -0.2) is 39.6 Å². The monoisotopic (exact) mass is 520 g/mol. The SMILES string of the molecule is O=C(Nc1nc2cccc(N3CCC(C4=CC(C(c5ccccc5)c5ccccc5)NO4)CC3)n2n1)C1CC1. The molecule has 7 rings (SSSR count). The van der Waals surface area contributed by atoms with Gasteiger partial charge in [0.05, 0.1) is 6.04 Å². The Morgan fingerprint density at radius 3 is 2.26 bits per heavy atom. The predicted octanol–water partition coefficient (Wildman–Crippen LogP) is 4.91. The number of nitrogens with zero attached hydrogens (tertiary/aromatic N) is 4. The van der Waals surface area contributed by atoms with Crippen LogP contribution in [0.1, 0.15) is 42.7 Å². The summed E-state index contributed by atoms with van der Waals surface area (Å²) in [5.74, 6) is 3.08. The summed E-state index contributed by atoms with van der Waals surface area (Å²) in [5, 5.41) is 7.48. The maximum absolute atomic E-state index is 12.2. The second-order valence-corrected chi connectivity index (χ2v) is 10.7. The van der Waals surface area contributed by atoms with Crippen molar-refractivity contribution in [3.8, 4) is 0 Å². The molecule has 39 heavy (non-hydrogen) atoms. The number of nitrogens with one attached hydrogen (secondary N) is 2. The molecule has 0 radical (unpaired) electrons. The van der Waals surface area contributed by atoms with Gasteiger partial charge in [0.25, 0.3) is 0 Å². The van der Waals surface area contributed by atoms with Crippen LogP contribution in [0.3, 0.4) is 0 Å². The number of benzene rings is 2. The van der Waals surface area contributed by atoms with E-state index in [9.17, 15) is 4.79 Å². The number of pyridine rings is 1. The number of piperidine rings is 1. The number of aromatic nitrogens is 3. The summed E-state index contributed by atoms with van der Waals surface area (Å²) in [6, 6.07) is 27.3. The molecule has 0 spiro atoms. The molecule has 8 nitrogen and oxygen atoms in total. The van der Waals surface area contributed by atoms with Gasteiger partial charge < -0.3 is 9.74 Å². The molecule has 2 aliphatic heterocycles. The standard InChI is InChI=1S/C31H32N6O2/c38-30(24-14-15-24)33-31-32-27-12-7-13-28(37(27)34-31)36-18-16-21(17-19-36)26-20-25(35-39-26)29(22-8-3-1-4-9-22)23-10-5-2-6-11-23/h1-13,20-21,24-25,29,35H,14-19H2,(H,33,34,38). The molecule has 3 aliphatic rings. The first kappa shape index (κ1) is 23.9. The summed E-state index contributed by atoms with van der Waals surface area (Å²) in [7, 11) is 0. The number of hydrogen-bond donors (Lipinski definition) is 2. The van der Waals surface area contributed by atoms with Crippen LogP contribution in [-0.2, 0) is 9.63 Å². The predicted molar refractivity (Wildman–Crippen MR) is 150 cm³/mol. The molecule has 1 saturated carbocycles. The van der Waals surface area contributed by atoms with Crippen LogP contribution >= 0.6 is 0 Å². The molecule has 0 bridgehead atoms. The van der Waals surface area contributed by atoms with Gasteiger partial charge in [0.15, 0.2) is 5.65 Å². The fourth-order valence-corrected chi connectivity index (χ4v) is 5.83. The van der Waals surface area contributed by atoms with Crippen molar-refractivity contribution < 1.29 is 9.63 Å². The second-order valence-electron chi connectivity index (χ2n) is 10.7. The van der Waals surface area contributed by atoms with Crippen molar-refractivity contribution in [2.24, 2.45) is 11.8 Å². The highest BCUT2D eigenvalue weighted by molar-refractivity contribution is 5.92. The maximum Gasteiger partial charge on any atom is 0.249 e. The van der Waals surface area contributed by atoms with Gasteiger partial charge in [0, 0.05) is 30.8 Å². The summed E-state index contributed by atoms with van der Waals surface area (Å²) in [6.07, 6.45) is 6.16. The smallest absolute Gasteiger partial charge is 0.249 e. The molecular weight excluding hydrogens is 488 g/mol. The zero-order valence-electron chi connectivity index (χ0n) is 21.7. The third-order valence-electron chi connectivity index (χ3n) is 8.08. The molecule has 2 aromatic heterocycles. The van der Waals surface area contributed by atoms with Crippen LogP contribution < -0.4 is 15.7 Å². The Hall–Kier alpha value is -4.17. The average molecular weight is 521 g/mol. The fraction of sp³-hybridized carbons (Fsp3) is 0.323. The largest absolute Gasteiger partial charge is 0.413 e. The molecule has 1 amide bonds. The van der Waals surface area contributed by atoms with Gasteiger partial charge in [-0.1, -0.05) is 66.7 Å². The quantitative estimate of drug-likeness (QED) is 0.360. The normalized spacial score (nSPS) is 19.8. The van der Waals surface area contributed by atoms with Crippen molar-refractivity contribution in [1.29, 1.82) is 0 Å². The Kier molecular flexibility index (Phi) is 6.25. The third-order valence-corrected chi connectivity index (χ3v) is 8.08. The van der Waals surface area contributed by atoms with Crippen molar-refractivity contribution in [2.75, 3.05) is 23.3 Å². The van der Waals surface area contributed by atoms with Gasteiger partial charge in [0.1, 0.15) is 11.6 Å². The molecule has 198 valence electrons. The van der Waals surface area contributed by atoms with E-state index in [4.69, 9.17) is 4.84 Å². The van der Waals surface area contributed by atoms with Gasteiger partial charge in [-0.15, -0.1) is 10.6 Å². The Morgan fingerprint density at radius 1 is 0.897 bits per heavy atom. The summed E-state index contributed by atoms with van der Waals surface area (Å²) < 4.78 is 1.84. The van der Waals surface area contributed by atoms with Crippen molar-refractivity contribution in [3.63, 3.8) is 0 Å². The molecule has 2 N–H and O–H groups in total. The highest BCUT2D eigenvalue weighted by Crippen LogP contribution is 2.36. The molecule has 4 heterocycles. The lowest BCUT2D eigenvalue weighted by Crippen LogP contribution is -2.35. The Morgan fingerprint density at radius 2 is 1.59 bits per heavy atom. The minimum Gasteiger partial charge on any atom is -0.413 e. The number of carbonyl (C=O) groups excluding carboxylic acids is 1. The highest BCUT2D eigenvalue weighted by atomic mass is 16.7. The summed E-state index contributed by atoms with van der Waals surface area (Å²) in [5.41, 5.74) is 6.61. The van der Waals surface area contributed by atoms with Crippen molar-refractivity contribution >= 4 is 23.3 Å². The van der Waals surface area contributed by atoms with Crippen LogP contribution in [0.2, 0.25) is 0 Å². The van der Waals surface area contributed by atoms with Crippen LogP contribution in [0.15, 0.2) is 90.7 Å². The minimum atomic E-state index is 0.0202. The Balaban J connectivity index is 1.06. The van der Waals surface area contributed by atoms with Gasteiger partial charge >= 0.3 is 0 Å². The van der Waals surface area contributed by atoms with Crippen LogP contribution in [0, 0.1) is 11.8 Å². The first-order valence-corrected chi connectivity index (χ1v) is 13.9. The molecule has 1 unspecified atom stereocenters. The van der Waals surface area contributed by atoms with Crippen LogP contribution in [0.5, 0.6) is 0 Å². The maximum atomic E-state index is 12.2. The number of anilines is 2. The van der Waals surface area contributed by atoms with Gasteiger partial charge in [-0.25, -0.2) is 0 Å². The lowest BCUT2D eigenvalue weighted by atomic mass is 9.84. The molecule has 8 heteroatoms. The Labute approximate surface area is 227 Å². The molecule has 1 saturated heterocycles. The van der Waals surface area contributed by atoms with Crippen LogP contribution in [0.25, 0.3) is 5.65 Å². The van der Waals surface area contributed by atoms with E-state index in [1.165, 1.54) is 11.1 Å². The van der Waals surface area contributed by atoms with Gasteiger partial charge in [0.2, 0.25) is 11.9 Å². The molecule has 2 aromatic carbocycles. The number of hydrogen-bond acceptors (Lipinski definition) is 6. The van der Waals surface area contributed by atoms with Crippen LogP contribution in [0.4, 0.5) is 11.8 Å². The lowest BCUT2D eigenvalue weighted by Gasteiger charge is -2.33. The number of allylic oxidation sites excluding steroid dienone is 1. The summed E-state index contributed by atoms with van der Waals surface area (Å²) in [6.45, 7) is 1.78.